The number of amides is 1. The van der Waals surface area contributed by atoms with Gasteiger partial charge in [-0.25, -0.2) is 0 Å². The lowest BCUT2D eigenvalue weighted by molar-refractivity contribution is -0.123. The molecule has 2 aromatic carbocycles. The monoisotopic (exact) mass is 491 g/mol. The molecule has 0 saturated heterocycles. The van der Waals surface area contributed by atoms with Crippen LogP contribution in [0.2, 0.25) is 0 Å². The Morgan fingerprint density at radius 2 is 1.69 bits per heavy atom. The molecule has 0 aliphatic heterocycles. The number of nitrogens with one attached hydrogen (secondary N) is 1. The fourth-order valence-electron chi connectivity index (χ4n) is 3.34. The zero-order valence-electron chi connectivity index (χ0n) is 20.1. The molecule has 0 saturated carbocycles. The van der Waals surface area contributed by atoms with Gasteiger partial charge in [0.25, 0.3) is 5.91 Å². The highest BCUT2D eigenvalue weighted by molar-refractivity contribution is 5.94. The number of fused-ring (bicyclic) bond motifs is 1. The molecule has 11 heteroatoms. The Bertz CT molecular complexity index is 1370. The van der Waals surface area contributed by atoms with E-state index < -0.39 is 0 Å². The van der Waals surface area contributed by atoms with Gasteiger partial charge in [-0.05, 0) is 55.5 Å². The van der Waals surface area contributed by atoms with Crippen molar-refractivity contribution in [3.8, 4) is 34.5 Å². The predicted molar refractivity (Wildman–Crippen MR) is 130 cm³/mol. The van der Waals surface area contributed by atoms with E-state index in [-0.39, 0.29) is 31.4 Å². The first kappa shape index (κ1) is 24.5. The van der Waals surface area contributed by atoms with Crippen molar-refractivity contribution in [1.29, 1.82) is 0 Å². The molecule has 0 fully saturated rings. The van der Waals surface area contributed by atoms with Crippen LogP contribution in [0.5, 0.6) is 23.1 Å². The van der Waals surface area contributed by atoms with Crippen LogP contribution in [-0.4, -0.2) is 65.5 Å². The summed E-state index contributed by atoms with van der Waals surface area (Å²) in [6, 6.07) is 15.4. The number of methoxy groups -OCH3 is 2. The molecular formula is C25H25N5O6. The summed E-state index contributed by atoms with van der Waals surface area (Å²) in [4.78, 5) is 23.4. The maximum Gasteiger partial charge on any atom is 0.258 e. The summed E-state index contributed by atoms with van der Waals surface area (Å²) in [6.07, 6.45) is 0. The lowest BCUT2D eigenvalue weighted by atomic mass is 10.1. The molecule has 0 aliphatic carbocycles. The Labute approximate surface area is 207 Å². The molecule has 11 nitrogen and oxygen atoms in total. The Kier molecular flexibility index (Phi) is 7.59. The predicted octanol–water partition coefficient (Wildman–Crippen LogP) is 2.59. The second-order valence-corrected chi connectivity index (χ2v) is 7.60. The smallest absolute Gasteiger partial charge is 0.258 e. The number of hydrogen-bond donors (Lipinski definition) is 1. The van der Waals surface area contributed by atoms with Crippen LogP contribution in [0.25, 0.3) is 17.0 Å². The second-order valence-electron chi connectivity index (χ2n) is 7.60. The molecule has 186 valence electrons. The van der Waals surface area contributed by atoms with Crippen molar-refractivity contribution < 1.29 is 28.5 Å². The molecule has 0 aliphatic rings. The minimum absolute atomic E-state index is 0.0329. The van der Waals surface area contributed by atoms with E-state index in [2.05, 4.69) is 20.6 Å². The minimum Gasteiger partial charge on any atom is -0.493 e. The highest BCUT2D eigenvalue weighted by Gasteiger charge is 2.14. The van der Waals surface area contributed by atoms with E-state index in [0.717, 1.165) is 5.56 Å². The lowest BCUT2D eigenvalue weighted by Crippen LogP contribution is -2.32. The Morgan fingerprint density at radius 3 is 2.42 bits per heavy atom. The molecule has 36 heavy (non-hydrogen) atoms. The molecule has 2 aromatic heterocycles. The Balaban J connectivity index is 1.31. The van der Waals surface area contributed by atoms with Crippen molar-refractivity contribution in [2.45, 2.75) is 6.92 Å². The number of carbonyl (C=O) groups excluding carboxylic acids is 2. The Hall–Kier alpha value is -4.67. The maximum atomic E-state index is 12.0. The molecule has 4 rings (SSSR count). The van der Waals surface area contributed by atoms with Crippen molar-refractivity contribution in [2.75, 3.05) is 34.0 Å². The number of benzene rings is 2. The summed E-state index contributed by atoms with van der Waals surface area (Å²) in [7, 11) is 3.13. The number of ketones is 1. The normalized spacial score (nSPS) is 10.6. The number of hydrogen-bond acceptors (Lipinski definition) is 9. The number of Topliss-reactive ketones (excluding diaryl/α,β-unsaturated/α-hetero) is 1. The van der Waals surface area contributed by atoms with Gasteiger partial charge in [0.15, 0.2) is 35.4 Å². The second kappa shape index (κ2) is 11.2. The summed E-state index contributed by atoms with van der Waals surface area (Å²) in [5.41, 5.74) is 1.87. The average molecular weight is 492 g/mol. The number of aromatic nitrogens is 4. The molecule has 1 amide bonds. The van der Waals surface area contributed by atoms with Crippen LogP contribution in [0.15, 0.2) is 54.6 Å². The minimum atomic E-state index is -0.299. The van der Waals surface area contributed by atoms with Gasteiger partial charge < -0.3 is 24.3 Å². The van der Waals surface area contributed by atoms with Gasteiger partial charge in [-0.2, -0.15) is 4.52 Å². The zero-order valence-corrected chi connectivity index (χ0v) is 20.1. The van der Waals surface area contributed by atoms with Gasteiger partial charge in [-0.3, -0.25) is 9.59 Å². The third kappa shape index (κ3) is 5.69. The zero-order chi connectivity index (χ0) is 25.5. The van der Waals surface area contributed by atoms with Crippen LogP contribution in [0, 0.1) is 0 Å². The summed E-state index contributed by atoms with van der Waals surface area (Å²) < 4.78 is 23.3. The quantitative estimate of drug-likeness (QED) is 0.249. The van der Waals surface area contributed by atoms with Gasteiger partial charge >= 0.3 is 0 Å². The number of ether oxygens (including phenoxy) is 4. The molecule has 2 heterocycles. The van der Waals surface area contributed by atoms with Gasteiger partial charge in [0.2, 0.25) is 5.88 Å². The van der Waals surface area contributed by atoms with Crippen molar-refractivity contribution in [1.82, 2.24) is 25.1 Å². The number of rotatable bonds is 11. The molecule has 0 spiro atoms. The van der Waals surface area contributed by atoms with E-state index >= 15 is 0 Å². The number of nitrogens with zero attached hydrogens (tertiary/aromatic N) is 4. The highest BCUT2D eigenvalue weighted by Crippen LogP contribution is 2.31. The summed E-state index contributed by atoms with van der Waals surface area (Å²) in [5.74, 6) is 2.19. The van der Waals surface area contributed by atoms with Crippen molar-refractivity contribution in [2.24, 2.45) is 0 Å². The lowest BCUT2D eigenvalue weighted by Gasteiger charge is -2.10. The van der Waals surface area contributed by atoms with Crippen molar-refractivity contribution in [3.63, 3.8) is 0 Å². The average Bonchev–Trinajstić information content (AvgIpc) is 3.33. The number of carbonyl (C=O) groups is 2. The van der Waals surface area contributed by atoms with E-state index in [4.69, 9.17) is 18.9 Å². The van der Waals surface area contributed by atoms with E-state index in [9.17, 15) is 9.59 Å². The van der Waals surface area contributed by atoms with Gasteiger partial charge in [0, 0.05) is 17.2 Å². The van der Waals surface area contributed by atoms with Crippen LogP contribution < -0.4 is 24.3 Å². The molecule has 0 bridgehead atoms. The van der Waals surface area contributed by atoms with Crippen LogP contribution in [-0.2, 0) is 4.79 Å². The first-order valence-electron chi connectivity index (χ1n) is 11.1. The van der Waals surface area contributed by atoms with Crippen molar-refractivity contribution in [3.05, 3.63) is 60.2 Å². The van der Waals surface area contributed by atoms with Gasteiger partial charge in [-0.15, -0.1) is 15.3 Å². The first-order chi connectivity index (χ1) is 17.5. The van der Waals surface area contributed by atoms with Gasteiger partial charge in [-0.1, -0.05) is 0 Å². The first-order valence-corrected chi connectivity index (χ1v) is 11.1. The molecule has 0 unspecified atom stereocenters. The topological polar surface area (TPSA) is 126 Å². The summed E-state index contributed by atoms with van der Waals surface area (Å²) in [6.45, 7) is 1.79. The fraction of sp³-hybridized carbons (Fsp3) is 0.240. The SMILES string of the molecule is COc1ccc(-c2nnc3ccc(OCCNC(=O)COc4ccc(C(C)=O)cc4)nn23)cc1OC. The maximum absolute atomic E-state index is 12.0. The highest BCUT2D eigenvalue weighted by atomic mass is 16.5. The van der Waals surface area contributed by atoms with Crippen LogP contribution >= 0.6 is 0 Å². The van der Waals surface area contributed by atoms with Gasteiger partial charge in [0.05, 0.1) is 20.8 Å². The fourth-order valence-corrected chi connectivity index (χ4v) is 3.34. The Morgan fingerprint density at radius 1 is 0.917 bits per heavy atom. The summed E-state index contributed by atoms with van der Waals surface area (Å²) >= 11 is 0. The summed E-state index contributed by atoms with van der Waals surface area (Å²) in [5, 5.41) is 15.6. The third-order valence-electron chi connectivity index (χ3n) is 5.19. The van der Waals surface area contributed by atoms with Crippen LogP contribution in [0.4, 0.5) is 0 Å². The van der Waals surface area contributed by atoms with E-state index in [0.29, 0.717) is 40.2 Å². The molecule has 1 N–H and O–H groups in total. The van der Waals surface area contributed by atoms with Crippen LogP contribution in [0.3, 0.4) is 0 Å². The molecular weight excluding hydrogens is 466 g/mol. The molecule has 4 aromatic rings. The van der Waals surface area contributed by atoms with Crippen LogP contribution in [0.1, 0.15) is 17.3 Å². The standard InChI is InChI=1S/C25H25N5O6/c1-16(31)17-4-7-19(8-5-17)36-15-23(32)26-12-13-35-24-11-10-22-27-28-25(30(22)29-24)18-6-9-20(33-2)21(14-18)34-3/h4-11,14H,12-13,15H2,1-3H3,(H,26,32). The molecule has 0 radical (unpaired) electrons. The van der Waals surface area contributed by atoms with E-state index in [1.54, 1.807) is 67.3 Å². The van der Waals surface area contributed by atoms with Gasteiger partial charge in [0.1, 0.15) is 12.4 Å². The van der Waals surface area contributed by atoms with E-state index in [1.807, 2.05) is 6.07 Å². The third-order valence-corrected chi connectivity index (χ3v) is 5.19. The van der Waals surface area contributed by atoms with E-state index in [1.165, 1.54) is 6.92 Å². The van der Waals surface area contributed by atoms with Crippen molar-refractivity contribution >= 4 is 17.3 Å². The largest absolute Gasteiger partial charge is 0.493 e. The molecule has 0 atom stereocenters.